The minimum atomic E-state index is -0.140. The van der Waals surface area contributed by atoms with Gasteiger partial charge in [-0.15, -0.1) is 0 Å². The third-order valence-corrected chi connectivity index (χ3v) is 5.24. The monoisotopic (exact) mass is 368 g/mol. The van der Waals surface area contributed by atoms with E-state index in [-0.39, 0.29) is 11.8 Å². The van der Waals surface area contributed by atoms with Crippen LogP contribution in [0.5, 0.6) is 5.75 Å². The molecule has 2 aliphatic heterocycles. The van der Waals surface area contributed by atoms with Crippen molar-refractivity contribution in [3.8, 4) is 5.75 Å². The molecule has 0 fully saturated rings. The number of carbonyl (C=O) groups is 1. The molecule has 2 aromatic rings. The number of carbonyl (C=O) groups excluding carboxylic acids is 1. The lowest BCUT2D eigenvalue weighted by Gasteiger charge is -2.28. The first-order valence-electron chi connectivity index (χ1n) is 9.85. The Balaban J connectivity index is 1.32. The van der Waals surface area contributed by atoms with Gasteiger partial charge in [-0.25, -0.2) is 0 Å². The van der Waals surface area contributed by atoms with Gasteiger partial charge < -0.3 is 10.1 Å². The molecule has 1 aromatic carbocycles. The number of hydrogen-bond donors (Lipinski definition) is 1. The number of nitrogens with zero attached hydrogens (tertiary/aromatic N) is 3. The SMILES string of the molecule is CC(C)CN1CCn2nc(CNC(=O)[C@H]3COc4ccccc4C3)cc2C1. The molecule has 144 valence electrons. The predicted molar refractivity (Wildman–Crippen MR) is 103 cm³/mol. The Morgan fingerprint density at radius 1 is 1.33 bits per heavy atom. The zero-order chi connectivity index (χ0) is 18.8. The Morgan fingerprint density at radius 3 is 3.04 bits per heavy atom. The van der Waals surface area contributed by atoms with Crippen LogP contribution in [-0.4, -0.2) is 40.3 Å². The highest BCUT2D eigenvalue weighted by Crippen LogP contribution is 2.26. The second kappa shape index (κ2) is 7.72. The summed E-state index contributed by atoms with van der Waals surface area (Å²) >= 11 is 0. The molecule has 1 aromatic heterocycles. The lowest BCUT2D eigenvalue weighted by atomic mass is 9.96. The Bertz CT molecular complexity index is 814. The average molecular weight is 368 g/mol. The maximum atomic E-state index is 12.6. The van der Waals surface area contributed by atoms with E-state index in [0.717, 1.165) is 49.6 Å². The largest absolute Gasteiger partial charge is 0.492 e. The van der Waals surface area contributed by atoms with E-state index in [2.05, 4.69) is 39.9 Å². The molecule has 0 saturated carbocycles. The fraction of sp³-hybridized carbons (Fsp3) is 0.524. The van der Waals surface area contributed by atoms with Crippen molar-refractivity contribution >= 4 is 5.91 Å². The summed E-state index contributed by atoms with van der Waals surface area (Å²) < 4.78 is 7.81. The number of ether oxygens (including phenoxy) is 1. The van der Waals surface area contributed by atoms with Crippen molar-refractivity contribution in [3.05, 3.63) is 47.3 Å². The summed E-state index contributed by atoms with van der Waals surface area (Å²) in [5.74, 6) is 1.46. The zero-order valence-corrected chi connectivity index (χ0v) is 16.1. The molecule has 6 heteroatoms. The molecule has 4 rings (SSSR count). The van der Waals surface area contributed by atoms with Gasteiger partial charge in [-0.2, -0.15) is 5.10 Å². The van der Waals surface area contributed by atoms with Gasteiger partial charge in [0.05, 0.1) is 30.4 Å². The summed E-state index contributed by atoms with van der Waals surface area (Å²) in [5, 5.41) is 7.71. The quantitative estimate of drug-likeness (QED) is 0.879. The van der Waals surface area contributed by atoms with Gasteiger partial charge in [0.15, 0.2) is 0 Å². The van der Waals surface area contributed by atoms with E-state index in [1.807, 2.05) is 24.3 Å². The standard InChI is InChI=1S/C21H28N4O2/c1-15(2)12-24-7-8-25-19(13-24)10-18(23-25)11-22-21(26)17-9-16-5-3-4-6-20(16)27-14-17/h3-6,10,15,17H,7-9,11-14H2,1-2H3,(H,22,26)/t17-/m1/s1. The highest BCUT2D eigenvalue weighted by atomic mass is 16.5. The first-order chi connectivity index (χ1) is 13.1. The number of para-hydroxylation sites is 1. The minimum Gasteiger partial charge on any atom is -0.492 e. The normalized spacial score (nSPS) is 19.3. The van der Waals surface area contributed by atoms with Gasteiger partial charge in [-0.1, -0.05) is 32.0 Å². The molecule has 0 unspecified atom stereocenters. The first kappa shape index (κ1) is 18.0. The highest BCUT2D eigenvalue weighted by Gasteiger charge is 2.26. The lowest BCUT2D eigenvalue weighted by molar-refractivity contribution is -0.126. The Morgan fingerprint density at radius 2 is 2.19 bits per heavy atom. The van der Waals surface area contributed by atoms with Crippen molar-refractivity contribution in [2.75, 3.05) is 19.7 Å². The molecule has 0 saturated heterocycles. The summed E-state index contributed by atoms with van der Waals surface area (Å²) in [6.07, 6.45) is 0.728. The lowest BCUT2D eigenvalue weighted by Crippen LogP contribution is -2.37. The van der Waals surface area contributed by atoms with Gasteiger partial charge >= 0.3 is 0 Å². The van der Waals surface area contributed by atoms with Crippen LogP contribution in [0.15, 0.2) is 30.3 Å². The molecule has 1 amide bonds. The van der Waals surface area contributed by atoms with Crippen molar-refractivity contribution in [1.29, 1.82) is 0 Å². The molecule has 27 heavy (non-hydrogen) atoms. The Hall–Kier alpha value is -2.34. The van der Waals surface area contributed by atoms with Crippen molar-refractivity contribution in [2.45, 2.75) is 39.9 Å². The number of nitrogens with one attached hydrogen (secondary N) is 1. The summed E-state index contributed by atoms with van der Waals surface area (Å²) in [5.41, 5.74) is 3.27. The maximum absolute atomic E-state index is 12.6. The second-order valence-corrected chi connectivity index (χ2v) is 8.02. The van der Waals surface area contributed by atoms with Crippen LogP contribution in [0.3, 0.4) is 0 Å². The van der Waals surface area contributed by atoms with E-state index in [9.17, 15) is 4.79 Å². The van der Waals surface area contributed by atoms with Crippen LogP contribution in [0.2, 0.25) is 0 Å². The number of aromatic nitrogens is 2. The summed E-state index contributed by atoms with van der Waals surface area (Å²) in [4.78, 5) is 15.0. The highest BCUT2D eigenvalue weighted by molar-refractivity contribution is 5.79. The van der Waals surface area contributed by atoms with Crippen molar-refractivity contribution in [1.82, 2.24) is 20.0 Å². The minimum absolute atomic E-state index is 0.0388. The molecule has 2 aliphatic rings. The molecule has 0 spiro atoms. The van der Waals surface area contributed by atoms with Gasteiger partial charge in [-0.05, 0) is 30.0 Å². The van der Waals surface area contributed by atoms with Crippen LogP contribution >= 0.6 is 0 Å². The van der Waals surface area contributed by atoms with Crippen LogP contribution in [0, 0.1) is 11.8 Å². The second-order valence-electron chi connectivity index (χ2n) is 8.02. The van der Waals surface area contributed by atoms with Gasteiger partial charge in [-0.3, -0.25) is 14.4 Å². The molecule has 3 heterocycles. The number of amides is 1. The van der Waals surface area contributed by atoms with Crippen LogP contribution in [0.1, 0.15) is 30.8 Å². The van der Waals surface area contributed by atoms with Crippen molar-refractivity contribution < 1.29 is 9.53 Å². The smallest absolute Gasteiger partial charge is 0.227 e. The molecular weight excluding hydrogens is 340 g/mol. The molecule has 1 N–H and O–H groups in total. The molecule has 6 nitrogen and oxygen atoms in total. The van der Waals surface area contributed by atoms with E-state index in [1.165, 1.54) is 5.69 Å². The van der Waals surface area contributed by atoms with Crippen LogP contribution < -0.4 is 10.1 Å². The third kappa shape index (κ3) is 4.16. The molecule has 0 radical (unpaired) electrons. The molecule has 1 atom stereocenters. The van der Waals surface area contributed by atoms with E-state index in [4.69, 9.17) is 4.74 Å². The molecular formula is C21H28N4O2. The fourth-order valence-electron chi connectivity index (χ4n) is 3.96. The van der Waals surface area contributed by atoms with Crippen LogP contribution in [-0.2, 0) is 30.8 Å². The van der Waals surface area contributed by atoms with Gasteiger partial charge in [0, 0.05) is 19.6 Å². The van der Waals surface area contributed by atoms with Crippen LogP contribution in [0.4, 0.5) is 0 Å². The van der Waals surface area contributed by atoms with Crippen LogP contribution in [0.25, 0.3) is 0 Å². The topological polar surface area (TPSA) is 59.4 Å². The van der Waals surface area contributed by atoms with Gasteiger partial charge in [0.2, 0.25) is 5.91 Å². The van der Waals surface area contributed by atoms with Crippen molar-refractivity contribution in [2.24, 2.45) is 11.8 Å². The number of hydrogen-bond acceptors (Lipinski definition) is 4. The predicted octanol–water partition coefficient (Wildman–Crippen LogP) is 2.22. The number of fused-ring (bicyclic) bond motifs is 2. The summed E-state index contributed by atoms with van der Waals surface area (Å²) in [6.45, 7) is 9.42. The molecule has 0 aliphatic carbocycles. The summed E-state index contributed by atoms with van der Waals surface area (Å²) in [7, 11) is 0. The number of benzene rings is 1. The van der Waals surface area contributed by atoms with E-state index in [0.29, 0.717) is 19.1 Å². The summed E-state index contributed by atoms with van der Waals surface area (Å²) in [6, 6.07) is 10.1. The van der Waals surface area contributed by atoms with Gasteiger partial charge in [0.25, 0.3) is 0 Å². The van der Waals surface area contributed by atoms with Crippen molar-refractivity contribution in [3.63, 3.8) is 0 Å². The first-order valence-corrected chi connectivity index (χ1v) is 9.85. The maximum Gasteiger partial charge on any atom is 0.227 e. The molecule has 0 bridgehead atoms. The number of rotatable bonds is 5. The Labute approximate surface area is 160 Å². The average Bonchev–Trinajstić information content (AvgIpc) is 3.07. The van der Waals surface area contributed by atoms with E-state index >= 15 is 0 Å². The Kier molecular flexibility index (Phi) is 5.16. The van der Waals surface area contributed by atoms with E-state index in [1.54, 1.807) is 0 Å². The van der Waals surface area contributed by atoms with E-state index < -0.39 is 0 Å². The van der Waals surface area contributed by atoms with Gasteiger partial charge in [0.1, 0.15) is 12.4 Å². The third-order valence-electron chi connectivity index (χ3n) is 5.24. The fourth-order valence-corrected chi connectivity index (χ4v) is 3.96. The zero-order valence-electron chi connectivity index (χ0n) is 16.1.